The molecule has 0 unspecified atom stereocenters. The zero-order chi connectivity index (χ0) is 29.6. The van der Waals surface area contributed by atoms with Gasteiger partial charge in [0.2, 0.25) is 5.91 Å². The minimum atomic E-state index is -0.0187. The summed E-state index contributed by atoms with van der Waals surface area (Å²) in [6, 6.07) is 10.2. The first-order chi connectivity index (χ1) is 19.5. The number of carbonyl (C=O) groups excluding carboxylic acids is 1. The lowest BCUT2D eigenvalue weighted by Gasteiger charge is -2.36. The Labute approximate surface area is 249 Å². The molecular weight excluding hydrogens is 530 g/mol. The Bertz CT molecular complexity index is 1270. The SMILES string of the molecule is C=C(CC)Nc1ccc(Sc2nc(N/C(=C/C(=C)C3CC3)NC)cc(N3CCN(C(=O)CC(C)(C)C)CC3)n2)cc1. The van der Waals surface area contributed by atoms with Crippen LogP contribution in [0.5, 0.6) is 0 Å². The van der Waals surface area contributed by atoms with Gasteiger partial charge < -0.3 is 25.8 Å². The van der Waals surface area contributed by atoms with Crippen LogP contribution in [-0.2, 0) is 4.79 Å². The van der Waals surface area contributed by atoms with Crippen LogP contribution in [0.4, 0.5) is 17.3 Å². The van der Waals surface area contributed by atoms with Crippen LogP contribution in [-0.4, -0.2) is 54.0 Å². The minimum absolute atomic E-state index is 0.0187. The largest absolute Gasteiger partial charge is 0.375 e. The number of hydrogen-bond acceptors (Lipinski definition) is 8. The number of rotatable bonds is 12. The standard InChI is InChI=1S/C32H45N7OS/c1-8-23(3)34-25-11-13-26(14-12-25)41-31-36-28(35-27(33-7)19-22(2)24-9-10-24)20-29(37-31)38-15-17-39(18-16-38)30(40)21-32(4,5)6/h11-14,19-20,24,33-34H,2-3,8-10,15-18,21H2,1,4-7H3,(H,35,36,37)/b27-19+. The predicted molar refractivity (Wildman–Crippen MR) is 171 cm³/mol. The van der Waals surface area contributed by atoms with Gasteiger partial charge in [0.25, 0.3) is 0 Å². The predicted octanol–water partition coefficient (Wildman–Crippen LogP) is 6.49. The van der Waals surface area contributed by atoms with Gasteiger partial charge in [-0.15, -0.1) is 0 Å². The van der Waals surface area contributed by atoms with E-state index in [1.165, 1.54) is 24.6 Å². The highest BCUT2D eigenvalue weighted by Gasteiger charge is 2.26. The number of benzene rings is 1. The van der Waals surface area contributed by atoms with E-state index in [4.69, 9.17) is 9.97 Å². The molecule has 2 heterocycles. The van der Waals surface area contributed by atoms with E-state index in [9.17, 15) is 4.79 Å². The van der Waals surface area contributed by atoms with Crippen molar-refractivity contribution in [3.63, 3.8) is 0 Å². The lowest BCUT2D eigenvalue weighted by molar-refractivity contribution is -0.133. The van der Waals surface area contributed by atoms with Crippen LogP contribution in [0.25, 0.3) is 0 Å². The van der Waals surface area contributed by atoms with Crippen molar-refractivity contribution in [2.45, 2.75) is 63.4 Å². The number of nitrogens with zero attached hydrogens (tertiary/aromatic N) is 4. The molecule has 4 rings (SSSR count). The summed E-state index contributed by atoms with van der Waals surface area (Å²) in [4.78, 5) is 27.9. The lowest BCUT2D eigenvalue weighted by atomic mass is 9.91. The second-order valence-corrected chi connectivity index (χ2v) is 13.0. The summed E-state index contributed by atoms with van der Waals surface area (Å²) in [5, 5.41) is 10.7. The zero-order valence-electron chi connectivity index (χ0n) is 25.2. The summed E-state index contributed by atoms with van der Waals surface area (Å²) in [5.74, 6) is 3.22. The van der Waals surface area contributed by atoms with Crippen molar-refractivity contribution in [1.29, 1.82) is 0 Å². The van der Waals surface area contributed by atoms with E-state index in [1.807, 2.05) is 30.1 Å². The van der Waals surface area contributed by atoms with Crippen molar-refractivity contribution in [3.05, 3.63) is 66.7 Å². The average molecular weight is 576 g/mol. The third-order valence-corrected chi connectivity index (χ3v) is 7.98. The van der Waals surface area contributed by atoms with E-state index in [0.29, 0.717) is 36.4 Å². The molecule has 8 nitrogen and oxygen atoms in total. The first kappa shape index (κ1) is 30.5. The maximum absolute atomic E-state index is 12.8. The first-order valence-corrected chi connectivity index (χ1v) is 15.3. The van der Waals surface area contributed by atoms with Crippen molar-refractivity contribution in [2.75, 3.05) is 48.8 Å². The number of carbonyl (C=O) groups is 1. The summed E-state index contributed by atoms with van der Waals surface area (Å²) in [7, 11) is 1.90. The Morgan fingerprint density at radius 3 is 2.34 bits per heavy atom. The molecular formula is C32H45N7OS. The van der Waals surface area contributed by atoms with Crippen molar-refractivity contribution < 1.29 is 4.79 Å². The molecule has 1 aliphatic heterocycles. The molecule has 220 valence electrons. The summed E-state index contributed by atoms with van der Waals surface area (Å²) in [6.07, 6.45) is 5.91. The van der Waals surface area contributed by atoms with E-state index in [2.05, 4.69) is 79.9 Å². The fraction of sp³-hybridized carbons (Fsp3) is 0.469. The number of allylic oxidation sites excluding steroid dienone is 3. The molecule has 0 radical (unpaired) electrons. The monoisotopic (exact) mass is 575 g/mol. The van der Waals surface area contributed by atoms with Gasteiger partial charge in [0.1, 0.15) is 17.5 Å². The molecule has 9 heteroatoms. The van der Waals surface area contributed by atoms with E-state index >= 15 is 0 Å². The molecule has 2 aromatic rings. The van der Waals surface area contributed by atoms with Crippen molar-refractivity contribution in [3.8, 4) is 0 Å². The number of piperazine rings is 1. The first-order valence-electron chi connectivity index (χ1n) is 14.5. The van der Waals surface area contributed by atoms with Gasteiger partial charge in [-0.05, 0) is 78.3 Å². The van der Waals surface area contributed by atoms with Gasteiger partial charge >= 0.3 is 0 Å². The maximum Gasteiger partial charge on any atom is 0.223 e. The molecule has 0 bridgehead atoms. The van der Waals surface area contributed by atoms with Gasteiger partial charge in [-0.1, -0.05) is 40.9 Å². The van der Waals surface area contributed by atoms with Gasteiger partial charge in [-0.25, -0.2) is 9.97 Å². The normalized spacial score (nSPS) is 15.9. The molecule has 3 N–H and O–H groups in total. The van der Waals surface area contributed by atoms with Crippen LogP contribution >= 0.6 is 11.8 Å². The zero-order valence-corrected chi connectivity index (χ0v) is 26.0. The number of amides is 1. The summed E-state index contributed by atoms with van der Waals surface area (Å²) in [6.45, 7) is 19.5. The van der Waals surface area contributed by atoms with Gasteiger partial charge in [-0.2, -0.15) is 0 Å². The van der Waals surface area contributed by atoms with Gasteiger partial charge in [0, 0.05) is 62.0 Å². The van der Waals surface area contributed by atoms with Crippen molar-refractivity contribution >= 4 is 35.0 Å². The second kappa shape index (κ2) is 13.5. The number of hydrogen-bond donors (Lipinski definition) is 3. The van der Waals surface area contributed by atoms with Crippen LogP contribution < -0.4 is 20.9 Å². The highest BCUT2D eigenvalue weighted by molar-refractivity contribution is 7.99. The Kier molecular flexibility index (Phi) is 10.0. The number of anilines is 3. The third-order valence-electron chi connectivity index (χ3n) is 7.10. The fourth-order valence-electron chi connectivity index (χ4n) is 4.51. The van der Waals surface area contributed by atoms with Crippen LogP contribution in [0.2, 0.25) is 0 Å². The van der Waals surface area contributed by atoms with Gasteiger partial charge in [-0.3, -0.25) is 4.79 Å². The topological polar surface area (TPSA) is 85.4 Å². The highest BCUT2D eigenvalue weighted by Crippen LogP contribution is 2.36. The Morgan fingerprint density at radius 1 is 1.07 bits per heavy atom. The van der Waals surface area contributed by atoms with Crippen molar-refractivity contribution in [1.82, 2.24) is 20.2 Å². The molecule has 1 aliphatic carbocycles. The summed E-state index contributed by atoms with van der Waals surface area (Å²) < 4.78 is 0. The number of aromatic nitrogens is 2. The van der Waals surface area contributed by atoms with Crippen LogP contribution in [0.15, 0.2) is 76.7 Å². The lowest BCUT2D eigenvalue weighted by Crippen LogP contribution is -2.49. The quantitative estimate of drug-likeness (QED) is 0.196. The number of nitrogens with one attached hydrogen (secondary N) is 3. The summed E-state index contributed by atoms with van der Waals surface area (Å²) in [5.41, 5.74) is 3.10. The van der Waals surface area contributed by atoms with Gasteiger partial charge in [0.15, 0.2) is 5.16 Å². The fourth-order valence-corrected chi connectivity index (χ4v) is 5.27. The maximum atomic E-state index is 12.8. The van der Waals surface area contributed by atoms with E-state index < -0.39 is 0 Å². The van der Waals surface area contributed by atoms with Gasteiger partial charge in [0.05, 0.1) is 0 Å². The molecule has 1 saturated carbocycles. The molecule has 0 spiro atoms. The third kappa shape index (κ3) is 9.28. The average Bonchev–Trinajstić information content (AvgIpc) is 3.78. The Hall–Kier alpha value is -3.46. The Morgan fingerprint density at radius 2 is 1.76 bits per heavy atom. The molecule has 1 saturated heterocycles. The van der Waals surface area contributed by atoms with E-state index in [1.54, 1.807) is 0 Å². The molecule has 41 heavy (non-hydrogen) atoms. The minimum Gasteiger partial charge on any atom is -0.375 e. The molecule has 1 aromatic heterocycles. The van der Waals surface area contributed by atoms with Crippen molar-refractivity contribution in [2.24, 2.45) is 11.3 Å². The molecule has 1 amide bonds. The summed E-state index contributed by atoms with van der Waals surface area (Å²) >= 11 is 1.53. The molecule has 1 aromatic carbocycles. The van der Waals surface area contributed by atoms with Crippen LogP contribution in [0.1, 0.15) is 53.4 Å². The van der Waals surface area contributed by atoms with Crippen LogP contribution in [0, 0.1) is 11.3 Å². The van der Waals surface area contributed by atoms with E-state index in [0.717, 1.165) is 53.0 Å². The Balaban J connectivity index is 1.53. The molecule has 2 aliphatic rings. The van der Waals surface area contributed by atoms with Crippen LogP contribution in [0.3, 0.4) is 0 Å². The molecule has 2 fully saturated rings. The second-order valence-electron chi connectivity index (χ2n) is 12.0. The van der Waals surface area contributed by atoms with E-state index in [-0.39, 0.29) is 11.3 Å². The molecule has 0 atom stereocenters. The highest BCUT2D eigenvalue weighted by atomic mass is 32.2. The smallest absolute Gasteiger partial charge is 0.223 e.